The van der Waals surface area contributed by atoms with Gasteiger partial charge in [-0.25, -0.2) is 0 Å². The summed E-state index contributed by atoms with van der Waals surface area (Å²) in [6.07, 6.45) is 11.8. The molecule has 18 heavy (non-hydrogen) atoms. The molecule has 2 N–H and O–H groups in total. The van der Waals surface area contributed by atoms with Gasteiger partial charge in [0.2, 0.25) is 0 Å². The normalized spacial score (nSPS) is 12.2. The third kappa shape index (κ3) is 8.18. The quantitative estimate of drug-likeness (QED) is 0.396. The summed E-state index contributed by atoms with van der Waals surface area (Å²) < 4.78 is 10.9. The van der Waals surface area contributed by atoms with Gasteiger partial charge in [0, 0.05) is 0 Å². The van der Waals surface area contributed by atoms with Crippen molar-refractivity contribution in [3.63, 3.8) is 0 Å². The van der Waals surface area contributed by atoms with Gasteiger partial charge in [0.1, 0.15) is 0 Å². The first kappa shape index (κ1) is 18.0. The summed E-state index contributed by atoms with van der Waals surface area (Å²) in [5.41, 5.74) is 0. The number of unbranched alkanes of at least 4 members (excludes halogenated alkanes) is 8. The van der Waals surface area contributed by atoms with Crippen LogP contribution in [0.1, 0.15) is 71.1 Å². The second kappa shape index (κ2) is 12.1. The molecule has 0 radical (unpaired) electrons. The van der Waals surface area contributed by atoms with Crippen LogP contribution >= 0.6 is 8.46 Å². The molecule has 0 bridgehead atoms. The van der Waals surface area contributed by atoms with E-state index in [0.717, 1.165) is 12.8 Å². The van der Waals surface area contributed by atoms with E-state index in [1.807, 2.05) is 0 Å². The summed E-state index contributed by atoms with van der Waals surface area (Å²) in [7, 11) is -0.137. The molecule has 0 aromatic carbocycles. The lowest BCUT2D eigenvalue weighted by molar-refractivity contribution is 0.160. The van der Waals surface area contributed by atoms with Gasteiger partial charge in [-0.05, 0) is 6.42 Å². The van der Waals surface area contributed by atoms with Crippen molar-refractivity contribution in [2.75, 3.05) is 13.2 Å². The Labute approximate surface area is 113 Å². The van der Waals surface area contributed by atoms with E-state index in [0.29, 0.717) is 6.42 Å². The fourth-order valence-electron chi connectivity index (χ4n) is 2.08. The topological polar surface area (TPSA) is 57.5 Å². The van der Waals surface area contributed by atoms with E-state index >= 15 is 0 Å². The molecule has 0 aliphatic rings. The molecule has 0 unspecified atom stereocenters. The first-order valence-electron chi connectivity index (χ1n) is 7.31. The lowest BCUT2D eigenvalue weighted by atomic mass is 10.0. The molecule has 4 heteroatoms. The number of aliphatic hydroxyl groups excluding tert-OH is 2. The highest BCUT2D eigenvalue weighted by Gasteiger charge is 2.28. The van der Waals surface area contributed by atoms with Crippen LogP contribution in [0.25, 0.3) is 0 Å². The minimum atomic E-state index is -0.804. The zero-order valence-electron chi connectivity index (χ0n) is 11.7. The Morgan fingerprint density at radius 3 is 1.67 bits per heavy atom. The average Bonchev–Trinajstić information content (AvgIpc) is 2.42. The summed E-state index contributed by atoms with van der Waals surface area (Å²) in [4.78, 5) is 0. The molecule has 0 amide bonds. The molecule has 0 fully saturated rings. The van der Waals surface area contributed by atoms with Gasteiger partial charge in [0.05, 0.1) is 18.4 Å². The van der Waals surface area contributed by atoms with Gasteiger partial charge >= 0.3 is 0 Å². The second-order valence-electron chi connectivity index (χ2n) is 5.21. The highest BCUT2D eigenvalue weighted by Crippen LogP contribution is 2.28. The van der Waals surface area contributed by atoms with Crippen molar-refractivity contribution in [3.05, 3.63) is 0 Å². The standard InChI is InChI=1S/C14H29O3P/c1-2-3-4-5-6-7-8-9-10-11-14(12-15,13-16)18-17/h15-16H,2-13H2,1H3. The van der Waals surface area contributed by atoms with E-state index in [-0.39, 0.29) is 21.7 Å². The summed E-state index contributed by atoms with van der Waals surface area (Å²) in [5.74, 6) is 0. The Balaban J connectivity index is 3.41. The average molecular weight is 276 g/mol. The predicted octanol–water partition coefficient (Wildman–Crippen LogP) is 3.92. The van der Waals surface area contributed by atoms with Gasteiger partial charge in [0.25, 0.3) is 0 Å². The molecule has 0 aromatic heterocycles. The molecule has 0 atom stereocenters. The largest absolute Gasteiger partial charge is 0.395 e. The van der Waals surface area contributed by atoms with Crippen LogP contribution in [0.4, 0.5) is 0 Å². The Morgan fingerprint density at radius 1 is 0.833 bits per heavy atom. The smallest absolute Gasteiger partial charge is 0.166 e. The Morgan fingerprint density at radius 2 is 1.28 bits per heavy atom. The zero-order valence-corrected chi connectivity index (χ0v) is 12.6. The summed E-state index contributed by atoms with van der Waals surface area (Å²) in [6, 6.07) is 0. The molecule has 0 aliphatic carbocycles. The van der Waals surface area contributed by atoms with Gasteiger partial charge in [-0.3, -0.25) is 4.57 Å². The summed E-state index contributed by atoms with van der Waals surface area (Å²) in [5, 5.41) is 17.5. The number of rotatable bonds is 13. The number of hydrogen-bond acceptors (Lipinski definition) is 3. The minimum Gasteiger partial charge on any atom is -0.395 e. The summed E-state index contributed by atoms with van der Waals surface area (Å²) >= 11 is 0. The third-order valence-corrected chi connectivity index (χ3v) is 4.42. The maximum atomic E-state index is 10.9. The molecule has 108 valence electrons. The van der Waals surface area contributed by atoms with Crippen LogP contribution in [0, 0.1) is 0 Å². The highest BCUT2D eigenvalue weighted by molar-refractivity contribution is 7.26. The van der Waals surface area contributed by atoms with Gasteiger partial charge in [-0.15, -0.1) is 0 Å². The maximum Gasteiger partial charge on any atom is 0.166 e. The molecule has 0 aliphatic heterocycles. The molecule has 0 rings (SSSR count). The first-order valence-corrected chi connectivity index (χ1v) is 8.12. The van der Waals surface area contributed by atoms with Crippen LogP contribution in [0.5, 0.6) is 0 Å². The third-order valence-electron chi connectivity index (χ3n) is 3.53. The molecule has 0 saturated carbocycles. The number of hydrogen-bond donors (Lipinski definition) is 2. The molecular formula is C14H29O3P. The Kier molecular flexibility index (Phi) is 12.1. The van der Waals surface area contributed by atoms with Crippen LogP contribution in [-0.4, -0.2) is 28.6 Å². The fourth-order valence-corrected chi connectivity index (χ4v) is 2.44. The van der Waals surface area contributed by atoms with Crippen molar-refractivity contribution in [2.24, 2.45) is 0 Å². The van der Waals surface area contributed by atoms with E-state index in [1.165, 1.54) is 44.9 Å². The predicted molar refractivity (Wildman–Crippen MR) is 76.4 cm³/mol. The van der Waals surface area contributed by atoms with Crippen LogP contribution < -0.4 is 0 Å². The highest BCUT2D eigenvalue weighted by atomic mass is 31.1. The van der Waals surface area contributed by atoms with Crippen LogP contribution in [-0.2, 0) is 4.57 Å². The summed E-state index contributed by atoms with van der Waals surface area (Å²) in [6.45, 7) is 1.82. The lowest BCUT2D eigenvalue weighted by Crippen LogP contribution is -2.31. The van der Waals surface area contributed by atoms with Crippen LogP contribution in [0.15, 0.2) is 0 Å². The molecular weight excluding hydrogens is 247 g/mol. The van der Waals surface area contributed by atoms with E-state index in [1.54, 1.807) is 0 Å². The molecule has 0 aromatic rings. The van der Waals surface area contributed by atoms with Gasteiger partial charge in [0.15, 0.2) is 8.46 Å². The van der Waals surface area contributed by atoms with Gasteiger partial charge in [-0.1, -0.05) is 64.7 Å². The van der Waals surface area contributed by atoms with Crippen LogP contribution in [0.3, 0.4) is 0 Å². The van der Waals surface area contributed by atoms with E-state index in [9.17, 15) is 4.57 Å². The number of aliphatic hydroxyl groups is 2. The Bertz CT molecular complexity index is 193. The van der Waals surface area contributed by atoms with Crippen molar-refractivity contribution in [3.8, 4) is 0 Å². The SMILES string of the molecule is CCCCCCCCCCCC(CO)(CO)P=O. The maximum absolute atomic E-state index is 10.9. The lowest BCUT2D eigenvalue weighted by Gasteiger charge is -2.21. The monoisotopic (exact) mass is 276 g/mol. The fraction of sp³-hybridized carbons (Fsp3) is 1.00. The Hall–Kier alpha value is 0.0200. The van der Waals surface area contributed by atoms with Crippen molar-refractivity contribution in [1.82, 2.24) is 0 Å². The van der Waals surface area contributed by atoms with E-state index in [4.69, 9.17) is 10.2 Å². The van der Waals surface area contributed by atoms with Crippen molar-refractivity contribution < 1.29 is 14.8 Å². The van der Waals surface area contributed by atoms with Gasteiger partial charge in [-0.2, -0.15) is 0 Å². The minimum absolute atomic E-state index is 0.137. The molecule has 0 heterocycles. The molecule has 0 saturated heterocycles. The molecule has 3 nitrogen and oxygen atoms in total. The molecule has 0 spiro atoms. The van der Waals surface area contributed by atoms with E-state index < -0.39 is 5.16 Å². The van der Waals surface area contributed by atoms with Crippen molar-refractivity contribution in [2.45, 2.75) is 76.3 Å². The zero-order chi connectivity index (χ0) is 13.7. The van der Waals surface area contributed by atoms with Crippen LogP contribution in [0.2, 0.25) is 0 Å². The van der Waals surface area contributed by atoms with Crippen molar-refractivity contribution in [1.29, 1.82) is 0 Å². The van der Waals surface area contributed by atoms with Crippen molar-refractivity contribution >= 4 is 8.46 Å². The second-order valence-corrected chi connectivity index (χ2v) is 6.34. The first-order chi connectivity index (χ1) is 8.74. The van der Waals surface area contributed by atoms with Gasteiger partial charge < -0.3 is 10.2 Å². The van der Waals surface area contributed by atoms with E-state index in [2.05, 4.69) is 6.92 Å².